The van der Waals surface area contributed by atoms with Crippen molar-refractivity contribution in [3.8, 4) is 5.75 Å². The van der Waals surface area contributed by atoms with Crippen molar-refractivity contribution in [2.24, 2.45) is 0 Å². The van der Waals surface area contributed by atoms with Crippen LogP contribution in [0.2, 0.25) is 0 Å². The Balaban J connectivity index is 1.97. The van der Waals surface area contributed by atoms with E-state index in [4.69, 9.17) is 9.47 Å². The van der Waals surface area contributed by atoms with Crippen molar-refractivity contribution in [1.82, 2.24) is 0 Å². The SMILES string of the molecule is CCOC(=O)c1ccc(NC(=O)C(C)Oc2ccc(C(C)C)c(C)c2)cc1. The summed E-state index contributed by atoms with van der Waals surface area (Å²) in [6.07, 6.45) is -0.654. The van der Waals surface area contributed by atoms with Crippen molar-refractivity contribution in [3.63, 3.8) is 0 Å². The van der Waals surface area contributed by atoms with Crippen LogP contribution in [0.5, 0.6) is 5.75 Å². The Morgan fingerprint density at radius 3 is 2.26 bits per heavy atom. The van der Waals surface area contributed by atoms with Gasteiger partial charge in [-0.2, -0.15) is 0 Å². The second-order valence-electron chi connectivity index (χ2n) is 6.72. The van der Waals surface area contributed by atoms with E-state index in [-0.39, 0.29) is 11.9 Å². The van der Waals surface area contributed by atoms with Crippen LogP contribution in [0.1, 0.15) is 55.1 Å². The number of aryl methyl sites for hydroxylation is 1. The zero-order valence-electron chi connectivity index (χ0n) is 16.5. The minimum atomic E-state index is -0.654. The van der Waals surface area contributed by atoms with E-state index in [2.05, 4.69) is 19.2 Å². The van der Waals surface area contributed by atoms with Gasteiger partial charge in [-0.25, -0.2) is 4.79 Å². The largest absolute Gasteiger partial charge is 0.481 e. The quantitative estimate of drug-likeness (QED) is 0.719. The fourth-order valence-corrected chi connectivity index (χ4v) is 2.77. The molecule has 0 aromatic heterocycles. The molecule has 0 spiro atoms. The number of rotatable bonds is 7. The van der Waals surface area contributed by atoms with E-state index in [1.54, 1.807) is 38.1 Å². The monoisotopic (exact) mass is 369 g/mol. The van der Waals surface area contributed by atoms with Gasteiger partial charge in [-0.05, 0) is 74.2 Å². The zero-order chi connectivity index (χ0) is 20.0. The van der Waals surface area contributed by atoms with Crippen LogP contribution < -0.4 is 10.1 Å². The van der Waals surface area contributed by atoms with Crippen LogP contribution in [0.3, 0.4) is 0 Å². The molecule has 0 fully saturated rings. The first-order valence-corrected chi connectivity index (χ1v) is 9.17. The van der Waals surface area contributed by atoms with E-state index in [0.717, 1.165) is 5.56 Å². The number of carbonyl (C=O) groups is 2. The number of benzene rings is 2. The van der Waals surface area contributed by atoms with Crippen LogP contribution in [0, 0.1) is 6.92 Å². The third kappa shape index (κ3) is 5.58. The van der Waals surface area contributed by atoms with Crippen LogP contribution in [0.4, 0.5) is 5.69 Å². The van der Waals surface area contributed by atoms with Gasteiger partial charge in [-0.3, -0.25) is 4.79 Å². The standard InChI is InChI=1S/C22H27NO4/c1-6-26-22(25)17-7-9-18(10-8-17)23-21(24)16(5)27-19-11-12-20(14(2)3)15(4)13-19/h7-14,16H,6H2,1-5H3,(H,23,24). The second kappa shape index (κ2) is 9.21. The highest BCUT2D eigenvalue weighted by molar-refractivity contribution is 5.95. The lowest BCUT2D eigenvalue weighted by atomic mass is 9.98. The summed E-state index contributed by atoms with van der Waals surface area (Å²) in [7, 11) is 0. The Labute approximate surface area is 160 Å². The molecule has 1 atom stereocenters. The zero-order valence-corrected chi connectivity index (χ0v) is 16.5. The first kappa shape index (κ1) is 20.5. The first-order chi connectivity index (χ1) is 12.8. The van der Waals surface area contributed by atoms with Gasteiger partial charge in [-0.15, -0.1) is 0 Å². The molecule has 27 heavy (non-hydrogen) atoms. The maximum atomic E-state index is 12.4. The molecule has 1 N–H and O–H groups in total. The van der Waals surface area contributed by atoms with Crippen LogP contribution in [-0.4, -0.2) is 24.6 Å². The number of nitrogens with one attached hydrogen (secondary N) is 1. The molecule has 2 rings (SSSR count). The number of carbonyl (C=O) groups excluding carboxylic acids is 2. The van der Waals surface area contributed by atoms with Gasteiger partial charge < -0.3 is 14.8 Å². The fraction of sp³-hybridized carbons (Fsp3) is 0.364. The van der Waals surface area contributed by atoms with Gasteiger partial charge in [0.1, 0.15) is 5.75 Å². The van der Waals surface area contributed by atoms with Gasteiger partial charge in [0.05, 0.1) is 12.2 Å². The molecule has 2 aromatic rings. The summed E-state index contributed by atoms with van der Waals surface area (Å²) >= 11 is 0. The highest BCUT2D eigenvalue weighted by Crippen LogP contribution is 2.24. The molecule has 1 unspecified atom stereocenters. The lowest BCUT2D eigenvalue weighted by molar-refractivity contribution is -0.122. The normalized spacial score (nSPS) is 11.8. The number of amides is 1. The van der Waals surface area contributed by atoms with E-state index < -0.39 is 6.10 Å². The van der Waals surface area contributed by atoms with Gasteiger partial charge in [0.15, 0.2) is 6.10 Å². The topological polar surface area (TPSA) is 64.6 Å². The van der Waals surface area contributed by atoms with Gasteiger partial charge in [-0.1, -0.05) is 19.9 Å². The summed E-state index contributed by atoms with van der Waals surface area (Å²) in [5, 5.41) is 2.79. The molecule has 0 saturated heterocycles. The number of anilines is 1. The van der Waals surface area contributed by atoms with E-state index in [9.17, 15) is 9.59 Å². The number of hydrogen-bond donors (Lipinski definition) is 1. The fourth-order valence-electron chi connectivity index (χ4n) is 2.77. The second-order valence-corrected chi connectivity index (χ2v) is 6.72. The Hall–Kier alpha value is -2.82. The molecule has 0 aliphatic carbocycles. The van der Waals surface area contributed by atoms with Crippen molar-refractivity contribution in [2.75, 3.05) is 11.9 Å². The van der Waals surface area contributed by atoms with Crippen molar-refractivity contribution in [3.05, 3.63) is 59.2 Å². The third-order valence-electron chi connectivity index (χ3n) is 4.21. The van der Waals surface area contributed by atoms with Gasteiger partial charge in [0.25, 0.3) is 5.91 Å². The molecule has 0 heterocycles. The molecule has 144 valence electrons. The summed E-state index contributed by atoms with van der Waals surface area (Å²) < 4.78 is 10.7. The first-order valence-electron chi connectivity index (χ1n) is 9.17. The lowest BCUT2D eigenvalue weighted by Gasteiger charge is -2.17. The summed E-state index contributed by atoms with van der Waals surface area (Å²) in [5.41, 5.74) is 3.44. The molecular formula is C22H27NO4. The number of hydrogen-bond acceptors (Lipinski definition) is 4. The molecule has 5 heteroatoms. The Morgan fingerprint density at radius 1 is 1.04 bits per heavy atom. The number of esters is 1. The maximum absolute atomic E-state index is 12.4. The Morgan fingerprint density at radius 2 is 1.70 bits per heavy atom. The van der Waals surface area contributed by atoms with Crippen molar-refractivity contribution in [2.45, 2.75) is 46.6 Å². The summed E-state index contributed by atoms with van der Waals surface area (Å²) in [6, 6.07) is 12.4. The van der Waals surface area contributed by atoms with E-state index in [1.807, 2.05) is 25.1 Å². The molecular weight excluding hydrogens is 342 g/mol. The van der Waals surface area contributed by atoms with Crippen LogP contribution >= 0.6 is 0 Å². The Bertz CT molecular complexity index is 796. The molecule has 0 radical (unpaired) electrons. The average molecular weight is 369 g/mol. The van der Waals surface area contributed by atoms with Gasteiger partial charge in [0.2, 0.25) is 0 Å². The predicted molar refractivity (Wildman–Crippen MR) is 106 cm³/mol. The predicted octanol–water partition coefficient (Wildman–Crippen LogP) is 4.70. The van der Waals surface area contributed by atoms with Gasteiger partial charge in [0, 0.05) is 5.69 Å². The van der Waals surface area contributed by atoms with E-state index in [0.29, 0.717) is 29.5 Å². The summed E-state index contributed by atoms with van der Waals surface area (Å²) in [4.78, 5) is 24.0. The van der Waals surface area contributed by atoms with Gasteiger partial charge >= 0.3 is 5.97 Å². The molecule has 1 amide bonds. The van der Waals surface area contributed by atoms with Crippen molar-refractivity contribution in [1.29, 1.82) is 0 Å². The van der Waals surface area contributed by atoms with Crippen LogP contribution in [-0.2, 0) is 9.53 Å². The van der Waals surface area contributed by atoms with E-state index >= 15 is 0 Å². The molecule has 5 nitrogen and oxygen atoms in total. The van der Waals surface area contributed by atoms with Crippen LogP contribution in [0.15, 0.2) is 42.5 Å². The van der Waals surface area contributed by atoms with E-state index in [1.165, 1.54) is 5.56 Å². The van der Waals surface area contributed by atoms with Crippen molar-refractivity contribution < 1.29 is 19.1 Å². The maximum Gasteiger partial charge on any atom is 0.338 e. The lowest BCUT2D eigenvalue weighted by Crippen LogP contribution is -2.30. The minimum Gasteiger partial charge on any atom is -0.481 e. The summed E-state index contributed by atoms with van der Waals surface area (Å²) in [6.45, 7) is 10.1. The minimum absolute atomic E-state index is 0.260. The average Bonchev–Trinajstić information content (AvgIpc) is 2.62. The Kier molecular flexibility index (Phi) is 6.99. The molecule has 0 aliphatic heterocycles. The molecule has 0 aliphatic rings. The van der Waals surface area contributed by atoms with Crippen molar-refractivity contribution >= 4 is 17.6 Å². The summed E-state index contributed by atoms with van der Waals surface area (Å²) in [5.74, 6) is 0.464. The highest BCUT2D eigenvalue weighted by Gasteiger charge is 2.16. The molecule has 2 aromatic carbocycles. The molecule has 0 saturated carbocycles. The smallest absolute Gasteiger partial charge is 0.338 e. The molecule has 0 bridgehead atoms. The highest BCUT2D eigenvalue weighted by atomic mass is 16.5. The number of ether oxygens (including phenoxy) is 2. The van der Waals surface area contributed by atoms with Crippen LogP contribution in [0.25, 0.3) is 0 Å². The third-order valence-corrected chi connectivity index (χ3v) is 4.21.